The van der Waals surface area contributed by atoms with E-state index in [-0.39, 0.29) is 23.8 Å². The van der Waals surface area contributed by atoms with Gasteiger partial charge in [0.1, 0.15) is 0 Å². The van der Waals surface area contributed by atoms with E-state index in [0.29, 0.717) is 24.5 Å². The summed E-state index contributed by atoms with van der Waals surface area (Å²) >= 11 is 6.27. The molecular weight excluding hydrogens is 420 g/mol. The Labute approximate surface area is 183 Å². The van der Waals surface area contributed by atoms with E-state index in [1.54, 1.807) is 0 Å². The molecule has 2 aromatic rings. The number of nitrogens with zero attached hydrogens (tertiary/aromatic N) is 1. The molecule has 0 bridgehead atoms. The highest BCUT2D eigenvalue weighted by Gasteiger charge is 2.46. The minimum Gasteiger partial charge on any atom is -0.342 e. The number of rotatable bonds is 5. The normalized spacial score (nSPS) is 24.3. The van der Waals surface area contributed by atoms with Crippen LogP contribution in [0.3, 0.4) is 0 Å². The Kier molecular flexibility index (Phi) is 6.19. The van der Waals surface area contributed by atoms with Crippen molar-refractivity contribution in [2.75, 3.05) is 19.3 Å². The van der Waals surface area contributed by atoms with Crippen LogP contribution in [0.2, 0.25) is 5.02 Å². The minimum atomic E-state index is -3.23. The van der Waals surface area contributed by atoms with Crippen LogP contribution in [0.25, 0.3) is 11.1 Å². The predicted octanol–water partition coefficient (Wildman–Crippen LogP) is 4.04. The first-order valence-electron chi connectivity index (χ1n) is 10.4. The number of nitrogens with one attached hydrogen (secondary N) is 1. The molecule has 5 nitrogen and oxygen atoms in total. The summed E-state index contributed by atoms with van der Waals surface area (Å²) in [5.41, 5.74) is 3.38. The largest absolute Gasteiger partial charge is 0.342 e. The molecule has 1 aliphatic carbocycles. The fraction of sp³-hybridized carbons (Fsp3) is 0.435. The Balaban J connectivity index is 1.46. The van der Waals surface area contributed by atoms with Crippen LogP contribution in [-0.4, -0.2) is 44.6 Å². The zero-order valence-corrected chi connectivity index (χ0v) is 18.6. The van der Waals surface area contributed by atoms with E-state index in [9.17, 15) is 13.2 Å². The Bertz CT molecular complexity index is 1030. The Morgan fingerprint density at radius 1 is 1.10 bits per heavy atom. The van der Waals surface area contributed by atoms with Gasteiger partial charge in [-0.3, -0.25) is 4.79 Å². The summed E-state index contributed by atoms with van der Waals surface area (Å²) in [6.45, 7) is 1.29. The molecule has 4 rings (SSSR count). The van der Waals surface area contributed by atoms with E-state index >= 15 is 0 Å². The first kappa shape index (κ1) is 21.3. The molecule has 2 fully saturated rings. The number of hydrogen-bond donors (Lipinski definition) is 1. The van der Waals surface area contributed by atoms with Crippen LogP contribution < -0.4 is 4.72 Å². The van der Waals surface area contributed by atoms with Crippen molar-refractivity contribution in [3.05, 3.63) is 59.1 Å². The monoisotopic (exact) mass is 446 g/mol. The van der Waals surface area contributed by atoms with Gasteiger partial charge in [0.05, 0.1) is 6.26 Å². The van der Waals surface area contributed by atoms with E-state index in [0.717, 1.165) is 30.4 Å². The average Bonchev–Trinajstić information content (AvgIpc) is 3.51. The lowest BCUT2D eigenvalue weighted by atomic mass is 9.96. The fourth-order valence-corrected chi connectivity index (χ4v) is 5.52. The second-order valence-corrected chi connectivity index (χ2v) is 10.6. The van der Waals surface area contributed by atoms with Crippen LogP contribution in [0.15, 0.2) is 48.5 Å². The van der Waals surface area contributed by atoms with Gasteiger partial charge in [0.25, 0.3) is 0 Å². The van der Waals surface area contributed by atoms with E-state index in [1.165, 1.54) is 11.8 Å². The Morgan fingerprint density at radius 2 is 1.87 bits per heavy atom. The van der Waals surface area contributed by atoms with Crippen molar-refractivity contribution in [1.82, 2.24) is 9.62 Å². The number of carbonyl (C=O) groups is 1. The van der Waals surface area contributed by atoms with E-state index < -0.39 is 10.0 Å². The molecule has 160 valence electrons. The molecule has 2 aromatic carbocycles. The van der Waals surface area contributed by atoms with E-state index in [1.807, 2.05) is 35.2 Å². The van der Waals surface area contributed by atoms with E-state index in [4.69, 9.17) is 11.6 Å². The maximum atomic E-state index is 13.2. The highest BCUT2D eigenvalue weighted by molar-refractivity contribution is 7.88. The highest BCUT2D eigenvalue weighted by Crippen LogP contribution is 2.51. The standard InChI is InChI=1S/C23H27ClN2O3S/c1-30(28,29)25-18-8-5-12-26(13-11-18)23(27)22-15-21(22)19-10-9-17(24)14-20(19)16-6-3-2-4-7-16/h2-4,6-7,9-10,14,18,21-22,25H,5,8,11-13,15H2,1H3/t18-,21+,22-/m1/s1. The summed E-state index contributed by atoms with van der Waals surface area (Å²) in [5, 5.41) is 0.693. The Morgan fingerprint density at radius 3 is 2.60 bits per heavy atom. The van der Waals surface area contributed by atoms with Crippen LogP contribution in [0.5, 0.6) is 0 Å². The van der Waals surface area contributed by atoms with Crippen molar-refractivity contribution in [1.29, 1.82) is 0 Å². The van der Waals surface area contributed by atoms with E-state index in [2.05, 4.69) is 22.9 Å². The van der Waals surface area contributed by atoms with Gasteiger partial charge in [0.15, 0.2) is 0 Å². The fourth-order valence-electron chi connectivity index (χ4n) is 4.50. The molecule has 2 aliphatic rings. The quantitative estimate of drug-likeness (QED) is 0.753. The lowest BCUT2D eigenvalue weighted by Crippen LogP contribution is -2.36. The van der Waals surface area contributed by atoms with Gasteiger partial charge in [-0.2, -0.15) is 0 Å². The summed E-state index contributed by atoms with van der Waals surface area (Å²) in [6.07, 6.45) is 4.27. The van der Waals surface area contributed by atoms with Crippen LogP contribution >= 0.6 is 11.6 Å². The summed E-state index contributed by atoms with van der Waals surface area (Å²) in [7, 11) is -3.23. The average molecular weight is 447 g/mol. The van der Waals surface area contributed by atoms with Crippen molar-refractivity contribution in [2.45, 2.75) is 37.6 Å². The van der Waals surface area contributed by atoms with Gasteiger partial charge in [-0.1, -0.05) is 48.0 Å². The number of likely N-dealkylation sites (tertiary alicyclic amines) is 1. The molecule has 1 amide bonds. The lowest BCUT2D eigenvalue weighted by molar-refractivity contribution is -0.132. The van der Waals surface area contributed by atoms with Crippen LogP contribution in [0, 0.1) is 5.92 Å². The number of halogens is 1. The molecule has 1 saturated carbocycles. The van der Waals surface area contributed by atoms with Crippen molar-refractivity contribution in [3.63, 3.8) is 0 Å². The molecule has 1 saturated heterocycles. The molecule has 1 aliphatic heterocycles. The second-order valence-electron chi connectivity index (χ2n) is 8.39. The Hall–Kier alpha value is -1.89. The molecule has 1 N–H and O–H groups in total. The van der Waals surface area contributed by atoms with Crippen molar-refractivity contribution >= 4 is 27.5 Å². The first-order chi connectivity index (χ1) is 14.3. The van der Waals surface area contributed by atoms with Gasteiger partial charge in [-0.05, 0) is 60.4 Å². The highest BCUT2D eigenvalue weighted by atomic mass is 35.5. The molecule has 1 heterocycles. The molecule has 3 atom stereocenters. The van der Waals surface area contributed by atoms with Crippen LogP contribution in [0.1, 0.15) is 37.2 Å². The second kappa shape index (κ2) is 8.69. The summed E-state index contributed by atoms with van der Waals surface area (Å²) < 4.78 is 25.7. The summed E-state index contributed by atoms with van der Waals surface area (Å²) in [5.74, 6) is 0.389. The molecule has 0 unspecified atom stereocenters. The molecule has 0 spiro atoms. The number of benzene rings is 2. The maximum absolute atomic E-state index is 13.2. The first-order valence-corrected chi connectivity index (χ1v) is 12.7. The third kappa shape index (κ3) is 5.05. The predicted molar refractivity (Wildman–Crippen MR) is 120 cm³/mol. The van der Waals surface area contributed by atoms with Gasteiger partial charge >= 0.3 is 0 Å². The van der Waals surface area contributed by atoms with Crippen LogP contribution in [-0.2, 0) is 14.8 Å². The topological polar surface area (TPSA) is 66.5 Å². The smallest absolute Gasteiger partial charge is 0.226 e. The van der Waals surface area contributed by atoms with Crippen LogP contribution in [0.4, 0.5) is 0 Å². The van der Waals surface area contributed by atoms with Gasteiger partial charge in [-0.25, -0.2) is 13.1 Å². The lowest BCUT2D eigenvalue weighted by Gasteiger charge is -2.21. The number of carbonyl (C=O) groups excluding carboxylic acids is 1. The summed E-state index contributed by atoms with van der Waals surface area (Å²) in [6, 6.07) is 16.0. The molecular formula is C23H27ClN2O3S. The number of hydrogen-bond acceptors (Lipinski definition) is 3. The summed E-state index contributed by atoms with van der Waals surface area (Å²) in [4.78, 5) is 15.1. The maximum Gasteiger partial charge on any atom is 0.226 e. The zero-order chi connectivity index (χ0) is 21.3. The SMILES string of the molecule is CS(=O)(=O)N[C@@H]1CCCN(C(=O)[C@@H]2C[C@H]2c2ccc(Cl)cc2-c2ccccc2)CC1. The minimum absolute atomic E-state index is 0.00643. The van der Waals surface area contributed by atoms with Crippen molar-refractivity contribution in [2.24, 2.45) is 5.92 Å². The molecule has 0 radical (unpaired) electrons. The molecule has 30 heavy (non-hydrogen) atoms. The van der Waals surface area contributed by atoms with Crippen molar-refractivity contribution < 1.29 is 13.2 Å². The molecule has 7 heteroatoms. The third-order valence-electron chi connectivity index (χ3n) is 6.03. The van der Waals surface area contributed by atoms with Gasteiger partial charge in [0.2, 0.25) is 15.9 Å². The van der Waals surface area contributed by atoms with Gasteiger partial charge in [0, 0.05) is 30.1 Å². The number of sulfonamides is 1. The third-order valence-corrected chi connectivity index (χ3v) is 7.02. The number of amides is 1. The van der Waals surface area contributed by atoms with Gasteiger partial charge in [-0.15, -0.1) is 0 Å². The molecule has 0 aromatic heterocycles. The zero-order valence-electron chi connectivity index (χ0n) is 17.1. The van der Waals surface area contributed by atoms with Gasteiger partial charge < -0.3 is 4.90 Å². The van der Waals surface area contributed by atoms with Crippen molar-refractivity contribution in [3.8, 4) is 11.1 Å².